The third kappa shape index (κ3) is 6.38. The molecule has 0 aliphatic rings. The van der Waals surface area contributed by atoms with Gasteiger partial charge in [-0.2, -0.15) is 0 Å². The van der Waals surface area contributed by atoms with Crippen molar-refractivity contribution in [2.24, 2.45) is 0 Å². The van der Waals surface area contributed by atoms with Crippen LogP contribution in [0.25, 0.3) is 11.1 Å². The van der Waals surface area contributed by atoms with Crippen LogP contribution in [0, 0.1) is 0 Å². The van der Waals surface area contributed by atoms with E-state index in [2.05, 4.69) is 15.0 Å². The van der Waals surface area contributed by atoms with Crippen LogP contribution >= 0.6 is 0 Å². The standard InChI is InChI=1S/C24H27N3O4S/c1-18(2)32(29,30)27-17-19-9-3-4-11-21(19)22-12-5-6-13-23(22)31-24(28)26-16-14-20-10-7-8-15-25-20/h3-13,15,18,27H,14,16-17H2,1-2H3,(H,26,28). The third-order valence-corrected chi connectivity index (χ3v) is 6.65. The molecular weight excluding hydrogens is 426 g/mol. The van der Waals surface area contributed by atoms with Gasteiger partial charge in [0.1, 0.15) is 5.75 Å². The summed E-state index contributed by atoms with van der Waals surface area (Å²) < 4.78 is 32.5. The number of benzene rings is 2. The molecule has 0 fully saturated rings. The average molecular weight is 454 g/mol. The molecule has 0 saturated heterocycles. The Labute approximate surface area is 188 Å². The first-order chi connectivity index (χ1) is 15.4. The molecule has 1 heterocycles. The van der Waals surface area contributed by atoms with Gasteiger partial charge in [0.2, 0.25) is 10.0 Å². The SMILES string of the molecule is CC(C)S(=O)(=O)NCc1ccccc1-c1ccccc1OC(=O)NCCc1ccccn1. The van der Waals surface area contributed by atoms with Crippen molar-refractivity contribution in [1.82, 2.24) is 15.0 Å². The fraction of sp³-hybridized carbons (Fsp3) is 0.250. The largest absolute Gasteiger partial charge is 0.412 e. The molecule has 3 aromatic rings. The van der Waals surface area contributed by atoms with Crippen molar-refractivity contribution in [3.63, 3.8) is 0 Å². The number of sulfonamides is 1. The van der Waals surface area contributed by atoms with Crippen molar-refractivity contribution in [2.45, 2.75) is 32.1 Å². The van der Waals surface area contributed by atoms with Gasteiger partial charge < -0.3 is 10.1 Å². The molecule has 8 heteroatoms. The Morgan fingerprint density at radius 3 is 2.38 bits per heavy atom. The normalized spacial score (nSPS) is 11.3. The van der Waals surface area contributed by atoms with Gasteiger partial charge in [-0.15, -0.1) is 0 Å². The minimum absolute atomic E-state index is 0.140. The molecule has 0 unspecified atom stereocenters. The van der Waals surface area contributed by atoms with Crippen LogP contribution in [0.4, 0.5) is 4.79 Å². The summed E-state index contributed by atoms with van der Waals surface area (Å²) >= 11 is 0. The van der Waals surface area contributed by atoms with Gasteiger partial charge in [-0.1, -0.05) is 48.5 Å². The predicted octanol–water partition coefficient (Wildman–Crippen LogP) is 3.91. The fourth-order valence-electron chi connectivity index (χ4n) is 3.03. The van der Waals surface area contributed by atoms with Gasteiger partial charge >= 0.3 is 6.09 Å². The lowest BCUT2D eigenvalue weighted by Crippen LogP contribution is -2.30. The first-order valence-electron chi connectivity index (χ1n) is 10.4. The van der Waals surface area contributed by atoms with E-state index in [1.807, 2.05) is 54.6 Å². The second-order valence-corrected chi connectivity index (χ2v) is 9.78. The van der Waals surface area contributed by atoms with Crippen LogP contribution < -0.4 is 14.8 Å². The summed E-state index contributed by atoms with van der Waals surface area (Å²) in [4.78, 5) is 16.6. The Morgan fingerprint density at radius 2 is 1.66 bits per heavy atom. The van der Waals surface area contributed by atoms with Crippen molar-refractivity contribution in [3.8, 4) is 16.9 Å². The molecule has 0 atom stereocenters. The van der Waals surface area contributed by atoms with Gasteiger partial charge in [-0.05, 0) is 43.2 Å². The number of carbonyl (C=O) groups is 1. The minimum atomic E-state index is -3.41. The average Bonchev–Trinajstić information content (AvgIpc) is 2.79. The highest BCUT2D eigenvalue weighted by molar-refractivity contribution is 7.90. The molecule has 0 spiro atoms. The third-order valence-electron chi connectivity index (χ3n) is 4.86. The zero-order valence-electron chi connectivity index (χ0n) is 18.1. The zero-order valence-corrected chi connectivity index (χ0v) is 18.9. The number of amides is 1. The van der Waals surface area contributed by atoms with E-state index in [9.17, 15) is 13.2 Å². The lowest BCUT2D eigenvalue weighted by atomic mass is 9.99. The lowest BCUT2D eigenvalue weighted by Gasteiger charge is -2.15. The number of nitrogens with one attached hydrogen (secondary N) is 2. The Morgan fingerprint density at radius 1 is 0.969 bits per heavy atom. The van der Waals surface area contributed by atoms with Gasteiger partial charge in [0, 0.05) is 37.0 Å². The molecule has 0 aliphatic carbocycles. The first kappa shape index (κ1) is 23.4. The second-order valence-electron chi connectivity index (χ2n) is 7.46. The van der Waals surface area contributed by atoms with Crippen molar-refractivity contribution < 1.29 is 17.9 Å². The fourth-order valence-corrected chi connectivity index (χ4v) is 3.72. The second kappa shape index (κ2) is 10.9. The number of hydrogen-bond donors (Lipinski definition) is 2. The van der Waals surface area contributed by atoms with Gasteiger partial charge in [-0.25, -0.2) is 17.9 Å². The first-order valence-corrected chi connectivity index (χ1v) is 11.9. The molecule has 3 rings (SSSR count). The number of carbonyl (C=O) groups excluding carboxylic acids is 1. The molecule has 168 valence electrons. The Kier molecular flexibility index (Phi) is 7.97. The monoisotopic (exact) mass is 453 g/mol. The summed E-state index contributed by atoms with van der Waals surface area (Å²) in [5.41, 5.74) is 3.15. The van der Waals surface area contributed by atoms with E-state index < -0.39 is 21.4 Å². The van der Waals surface area contributed by atoms with E-state index in [0.717, 1.165) is 16.8 Å². The smallest absolute Gasteiger partial charge is 0.410 e. The molecule has 1 aromatic heterocycles. The molecule has 1 amide bonds. The predicted molar refractivity (Wildman–Crippen MR) is 125 cm³/mol. The van der Waals surface area contributed by atoms with Crippen molar-refractivity contribution in [3.05, 3.63) is 84.2 Å². The van der Waals surface area contributed by atoms with E-state index >= 15 is 0 Å². The van der Waals surface area contributed by atoms with Crippen molar-refractivity contribution in [2.75, 3.05) is 6.54 Å². The Balaban J connectivity index is 1.72. The van der Waals surface area contributed by atoms with Gasteiger partial charge in [0.05, 0.1) is 5.25 Å². The van der Waals surface area contributed by atoms with Crippen molar-refractivity contribution in [1.29, 1.82) is 0 Å². The highest BCUT2D eigenvalue weighted by atomic mass is 32.2. The Bertz CT molecular complexity index is 1150. The quantitative estimate of drug-likeness (QED) is 0.512. The summed E-state index contributed by atoms with van der Waals surface area (Å²) in [5.74, 6) is 0.391. The minimum Gasteiger partial charge on any atom is -0.410 e. The van der Waals surface area contributed by atoms with Crippen LogP contribution in [0.1, 0.15) is 25.1 Å². The summed E-state index contributed by atoms with van der Waals surface area (Å²) in [6.45, 7) is 3.79. The summed E-state index contributed by atoms with van der Waals surface area (Å²) in [6.07, 6.45) is 1.74. The summed E-state index contributed by atoms with van der Waals surface area (Å²) in [6, 6.07) is 20.2. The van der Waals surface area contributed by atoms with Crippen LogP contribution in [0.3, 0.4) is 0 Å². The maximum Gasteiger partial charge on any atom is 0.412 e. The van der Waals surface area contributed by atoms with Crippen LogP contribution in [-0.2, 0) is 23.0 Å². The summed E-state index contributed by atoms with van der Waals surface area (Å²) in [7, 11) is -3.41. The number of rotatable bonds is 9. The maximum atomic E-state index is 12.4. The van der Waals surface area contributed by atoms with Gasteiger partial charge in [0.25, 0.3) is 0 Å². The number of para-hydroxylation sites is 1. The van der Waals surface area contributed by atoms with Gasteiger partial charge in [0.15, 0.2) is 0 Å². The number of hydrogen-bond acceptors (Lipinski definition) is 5. The molecule has 0 bridgehead atoms. The van der Waals surface area contributed by atoms with Crippen molar-refractivity contribution >= 4 is 16.1 Å². The highest BCUT2D eigenvalue weighted by Gasteiger charge is 2.17. The van der Waals surface area contributed by atoms with Crippen LogP contribution in [0.5, 0.6) is 5.75 Å². The molecule has 0 radical (unpaired) electrons. The number of nitrogens with zero attached hydrogens (tertiary/aromatic N) is 1. The van der Waals surface area contributed by atoms with E-state index in [1.165, 1.54) is 0 Å². The summed E-state index contributed by atoms with van der Waals surface area (Å²) in [5, 5.41) is 2.21. The van der Waals surface area contributed by atoms with E-state index in [1.54, 1.807) is 32.2 Å². The molecule has 2 N–H and O–H groups in total. The van der Waals surface area contributed by atoms with Crippen LogP contribution in [0.15, 0.2) is 72.9 Å². The van der Waals surface area contributed by atoms with E-state index in [-0.39, 0.29) is 6.54 Å². The molecule has 0 saturated carbocycles. The molecule has 0 aliphatic heterocycles. The Hall–Kier alpha value is -3.23. The van der Waals surface area contributed by atoms with Gasteiger partial charge in [-0.3, -0.25) is 4.98 Å². The number of aromatic nitrogens is 1. The van der Waals surface area contributed by atoms with E-state index in [0.29, 0.717) is 24.3 Å². The highest BCUT2D eigenvalue weighted by Crippen LogP contribution is 2.32. The number of ether oxygens (including phenoxy) is 1. The van der Waals surface area contributed by atoms with E-state index in [4.69, 9.17) is 4.74 Å². The van der Waals surface area contributed by atoms with Crippen LogP contribution in [-0.4, -0.2) is 31.3 Å². The molecule has 32 heavy (non-hydrogen) atoms. The molecular formula is C24H27N3O4S. The topological polar surface area (TPSA) is 97.4 Å². The molecule has 7 nitrogen and oxygen atoms in total. The zero-order chi connectivity index (χ0) is 23.0. The van der Waals surface area contributed by atoms with Crippen LogP contribution in [0.2, 0.25) is 0 Å². The number of pyridine rings is 1. The lowest BCUT2D eigenvalue weighted by molar-refractivity contribution is 0.201. The maximum absolute atomic E-state index is 12.4. The molecule has 2 aromatic carbocycles.